The molecule has 0 aromatic heterocycles. The van der Waals surface area contributed by atoms with Gasteiger partial charge in [-0.05, 0) is 43.4 Å². The molecule has 19 heteroatoms. The van der Waals surface area contributed by atoms with Gasteiger partial charge in [0.25, 0.3) is 0 Å². The summed E-state index contributed by atoms with van der Waals surface area (Å²) in [6, 6.07) is 0. The van der Waals surface area contributed by atoms with Crippen LogP contribution in [0.4, 0.5) is 0 Å². The first kappa shape index (κ1) is 81.1. The number of rotatable bonds is 62. The third-order valence-corrected chi connectivity index (χ3v) is 16.9. The topological polar surface area (TPSA) is 237 Å². The van der Waals surface area contributed by atoms with Crippen molar-refractivity contribution in [2.24, 2.45) is 17.8 Å². The molecule has 0 amide bonds. The van der Waals surface area contributed by atoms with Crippen LogP contribution in [0, 0.1) is 17.8 Å². The van der Waals surface area contributed by atoms with Crippen molar-refractivity contribution in [3.8, 4) is 0 Å². The van der Waals surface area contributed by atoms with Gasteiger partial charge in [-0.25, -0.2) is 9.13 Å². The second kappa shape index (κ2) is 55.4. The number of carbonyl (C=O) groups is 4. The van der Waals surface area contributed by atoms with Gasteiger partial charge in [-0.1, -0.05) is 260 Å². The smallest absolute Gasteiger partial charge is 0.462 e. The van der Waals surface area contributed by atoms with Gasteiger partial charge < -0.3 is 33.8 Å². The summed E-state index contributed by atoms with van der Waals surface area (Å²) in [5, 5.41) is 10.5. The van der Waals surface area contributed by atoms with Crippen molar-refractivity contribution >= 4 is 39.5 Å². The first-order valence-corrected chi connectivity index (χ1v) is 36.4. The van der Waals surface area contributed by atoms with Gasteiger partial charge in [-0.2, -0.15) is 0 Å². The minimum atomic E-state index is -4.94. The van der Waals surface area contributed by atoms with Gasteiger partial charge in [0.05, 0.1) is 26.4 Å². The monoisotopic (exact) mass is 1230 g/mol. The van der Waals surface area contributed by atoms with E-state index in [0.29, 0.717) is 31.6 Å². The molecule has 0 saturated carbocycles. The zero-order valence-corrected chi connectivity index (χ0v) is 55.4. The van der Waals surface area contributed by atoms with Crippen LogP contribution in [-0.4, -0.2) is 96.7 Å². The lowest BCUT2D eigenvalue weighted by atomic mass is 10.00. The van der Waals surface area contributed by atoms with Crippen molar-refractivity contribution in [1.82, 2.24) is 0 Å². The number of aliphatic hydroxyl groups is 1. The molecule has 0 rings (SSSR count). The van der Waals surface area contributed by atoms with E-state index < -0.39 is 97.5 Å². The van der Waals surface area contributed by atoms with E-state index >= 15 is 0 Å². The lowest BCUT2D eigenvalue weighted by Gasteiger charge is -2.21. The van der Waals surface area contributed by atoms with Gasteiger partial charge in [0.15, 0.2) is 12.2 Å². The maximum Gasteiger partial charge on any atom is 0.472 e. The maximum absolute atomic E-state index is 13.0. The van der Waals surface area contributed by atoms with E-state index in [-0.39, 0.29) is 25.7 Å². The van der Waals surface area contributed by atoms with Crippen LogP contribution >= 0.6 is 15.6 Å². The predicted molar refractivity (Wildman–Crippen MR) is 331 cm³/mol. The van der Waals surface area contributed by atoms with Crippen molar-refractivity contribution in [2.75, 3.05) is 39.6 Å². The molecule has 3 N–H and O–H groups in total. The number of esters is 4. The average molecular weight is 1230 g/mol. The third kappa shape index (κ3) is 57.6. The van der Waals surface area contributed by atoms with Crippen LogP contribution in [0.5, 0.6) is 0 Å². The van der Waals surface area contributed by atoms with E-state index in [4.69, 9.17) is 37.0 Å². The standard InChI is InChI=1S/C64H124O17P2/c1-8-10-11-12-21-31-38-45-61(66)74-51-60(81-64(69)48-41-34-27-26-30-37-44-57(7)9-2)54-79-83(72,73)77-50-58(65)49-76-82(70,71)78-53-59(52-75-62(67)46-39-32-25-20-23-29-36-43-56(5)6)80-63(68)47-40-33-24-19-17-15-13-14-16-18-22-28-35-42-55(3)4/h55-60,65H,8-54H2,1-7H3,(H,70,71)(H,72,73)/t57?,58-,59-,60-/m1/s1. The largest absolute Gasteiger partial charge is 0.472 e. The number of aliphatic hydroxyl groups excluding tert-OH is 1. The van der Waals surface area contributed by atoms with Crippen molar-refractivity contribution in [3.05, 3.63) is 0 Å². The number of hydrogen-bond acceptors (Lipinski definition) is 15. The molecule has 492 valence electrons. The van der Waals surface area contributed by atoms with E-state index in [1.54, 1.807) is 0 Å². The van der Waals surface area contributed by atoms with Gasteiger partial charge in [0.2, 0.25) is 0 Å². The highest BCUT2D eigenvalue weighted by Gasteiger charge is 2.30. The van der Waals surface area contributed by atoms with E-state index in [1.807, 2.05) is 0 Å². The Balaban J connectivity index is 5.20. The van der Waals surface area contributed by atoms with E-state index in [9.17, 15) is 43.2 Å². The molecule has 0 aromatic carbocycles. The SMILES string of the molecule is CCCCCCCCCC(=O)OC[C@H](COP(=O)(O)OC[C@H](O)COP(=O)(O)OC[C@@H](COC(=O)CCCCCCCCCC(C)C)OC(=O)CCCCCCCCCCCCCCCC(C)C)OC(=O)CCCCCCCCC(C)CC. The van der Waals surface area contributed by atoms with Crippen LogP contribution in [0.15, 0.2) is 0 Å². The molecule has 0 heterocycles. The first-order chi connectivity index (χ1) is 39.8. The highest BCUT2D eigenvalue weighted by molar-refractivity contribution is 7.47. The Morgan fingerprint density at radius 3 is 0.916 bits per heavy atom. The highest BCUT2D eigenvalue weighted by atomic mass is 31.2. The van der Waals surface area contributed by atoms with Gasteiger partial charge in [0, 0.05) is 25.7 Å². The van der Waals surface area contributed by atoms with Crippen LogP contribution < -0.4 is 0 Å². The highest BCUT2D eigenvalue weighted by Crippen LogP contribution is 2.45. The number of phosphoric ester groups is 2. The molecule has 0 aliphatic heterocycles. The van der Waals surface area contributed by atoms with E-state index in [1.165, 1.54) is 103 Å². The van der Waals surface area contributed by atoms with Crippen LogP contribution in [0.1, 0.15) is 312 Å². The molecule has 0 aromatic rings. The van der Waals surface area contributed by atoms with Crippen LogP contribution in [0.3, 0.4) is 0 Å². The molecular formula is C64H124O17P2. The molecule has 0 fully saturated rings. The van der Waals surface area contributed by atoms with Gasteiger partial charge in [-0.3, -0.25) is 37.3 Å². The fourth-order valence-corrected chi connectivity index (χ4v) is 11.0. The zero-order chi connectivity index (χ0) is 61.7. The first-order valence-electron chi connectivity index (χ1n) is 33.4. The number of carbonyl (C=O) groups excluding carboxylic acids is 4. The average Bonchev–Trinajstić information content (AvgIpc) is 3.46. The molecule has 0 spiro atoms. The summed E-state index contributed by atoms with van der Waals surface area (Å²) in [6.45, 7) is 11.7. The van der Waals surface area contributed by atoms with Gasteiger partial charge >= 0.3 is 39.5 Å². The minimum absolute atomic E-state index is 0.102. The Morgan fingerprint density at radius 1 is 0.349 bits per heavy atom. The molecule has 83 heavy (non-hydrogen) atoms. The molecule has 17 nitrogen and oxygen atoms in total. The second-order valence-corrected chi connectivity index (χ2v) is 27.3. The van der Waals surface area contributed by atoms with Crippen molar-refractivity contribution in [3.63, 3.8) is 0 Å². The molecule has 6 atom stereocenters. The van der Waals surface area contributed by atoms with Gasteiger partial charge in [0.1, 0.15) is 19.3 Å². The number of ether oxygens (including phenoxy) is 4. The third-order valence-electron chi connectivity index (χ3n) is 15.0. The molecule has 0 aliphatic rings. The second-order valence-electron chi connectivity index (χ2n) is 24.3. The molecule has 0 radical (unpaired) electrons. The van der Waals surface area contributed by atoms with Crippen LogP contribution in [0.25, 0.3) is 0 Å². The lowest BCUT2D eigenvalue weighted by Crippen LogP contribution is -2.30. The molecule has 0 aliphatic carbocycles. The number of phosphoric acid groups is 2. The van der Waals surface area contributed by atoms with Crippen molar-refractivity contribution in [1.29, 1.82) is 0 Å². The van der Waals surface area contributed by atoms with Crippen molar-refractivity contribution in [2.45, 2.75) is 330 Å². The summed E-state index contributed by atoms with van der Waals surface area (Å²) in [5.74, 6) is 0.0692. The minimum Gasteiger partial charge on any atom is -0.462 e. The van der Waals surface area contributed by atoms with E-state index in [0.717, 1.165) is 121 Å². The number of hydrogen-bond donors (Lipinski definition) is 3. The van der Waals surface area contributed by atoms with Gasteiger partial charge in [-0.15, -0.1) is 0 Å². The normalized spacial score (nSPS) is 14.7. The number of unbranched alkanes of at least 4 members (excludes halogenated alkanes) is 29. The summed E-state index contributed by atoms with van der Waals surface area (Å²) in [5.41, 5.74) is 0. The Morgan fingerprint density at radius 2 is 0.614 bits per heavy atom. The Hall–Kier alpha value is -1.94. The molecule has 0 bridgehead atoms. The predicted octanol–water partition coefficient (Wildman–Crippen LogP) is 17.5. The molecule has 0 saturated heterocycles. The molecular weight excluding hydrogens is 1100 g/mol. The Bertz CT molecular complexity index is 1650. The van der Waals surface area contributed by atoms with E-state index in [2.05, 4.69) is 48.5 Å². The van der Waals surface area contributed by atoms with Crippen LogP contribution in [-0.2, 0) is 65.4 Å². The van der Waals surface area contributed by atoms with Crippen LogP contribution in [0.2, 0.25) is 0 Å². The summed E-state index contributed by atoms with van der Waals surface area (Å²) < 4.78 is 67.9. The lowest BCUT2D eigenvalue weighted by molar-refractivity contribution is -0.161. The fraction of sp³-hybridized carbons (Fsp3) is 0.938. The maximum atomic E-state index is 13.0. The summed E-state index contributed by atoms with van der Waals surface area (Å²) in [4.78, 5) is 72.1. The van der Waals surface area contributed by atoms with Crippen molar-refractivity contribution < 1.29 is 80.2 Å². The summed E-state index contributed by atoms with van der Waals surface area (Å²) in [6.07, 6.45) is 36.4. The molecule has 3 unspecified atom stereocenters. The quantitative estimate of drug-likeness (QED) is 0.0222. The summed E-state index contributed by atoms with van der Waals surface area (Å²) in [7, 11) is -9.88. The zero-order valence-electron chi connectivity index (χ0n) is 53.6. The Labute approximate surface area is 505 Å². The summed E-state index contributed by atoms with van der Waals surface area (Å²) >= 11 is 0. The fourth-order valence-electron chi connectivity index (χ4n) is 9.45. The Kier molecular flexibility index (Phi) is 54.1.